The Hall–Kier alpha value is -4.04. The van der Waals surface area contributed by atoms with Gasteiger partial charge in [-0.1, -0.05) is 5.57 Å². The molecule has 0 amide bonds. The van der Waals surface area contributed by atoms with Crippen LogP contribution < -0.4 is 5.73 Å². The van der Waals surface area contributed by atoms with E-state index in [9.17, 15) is 0 Å². The molecule has 7 nitrogen and oxygen atoms in total. The van der Waals surface area contributed by atoms with Gasteiger partial charge in [0.25, 0.3) is 0 Å². The summed E-state index contributed by atoms with van der Waals surface area (Å²) in [6.45, 7) is 6.09. The number of allylic oxidation sites excluding steroid dienone is 2. The maximum atomic E-state index is 5.88. The van der Waals surface area contributed by atoms with Gasteiger partial charge in [0.15, 0.2) is 5.65 Å². The van der Waals surface area contributed by atoms with Gasteiger partial charge in [-0.15, -0.1) is 11.3 Å². The SMILES string of the molecule is CC(C)=CN=C/C(=C\N)c1cnc2n[nH]c(-c3cc4c(-c5ccc(C)s5)nccc4[nH]3)c2c1. The van der Waals surface area contributed by atoms with Crippen LogP contribution in [-0.2, 0) is 0 Å². The van der Waals surface area contributed by atoms with Crippen molar-refractivity contribution in [1.82, 2.24) is 25.1 Å². The van der Waals surface area contributed by atoms with E-state index < -0.39 is 0 Å². The van der Waals surface area contributed by atoms with Gasteiger partial charge in [0.1, 0.15) is 0 Å². The number of pyridine rings is 2. The molecule has 164 valence electrons. The van der Waals surface area contributed by atoms with E-state index in [1.165, 1.54) is 11.1 Å². The number of nitrogens with two attached hydrogens (primary N) is 1. The molecule has 0 saturated heterocycles. The zero-order valence-electron chi connectivity index (χ0n) is 18.5. The highest BCUT2D eigenvalue weighted by molar-refractivity contribution is 7.15. The molecule has 4 N–H and O–H groups in total. The third-order valence-electron chi connectivity index (χ3n) is 5.26. The smallest absolute Gasteiger partial charge is 0.181 e. The van der Waals surface area contributed by atoms with Crippen molar-refractivity contribution in [2.75, 3.05) is 0 Å². The van der Waals surface area contributed by atoms with Crippen LogP contribution in [0.15, 0.2) is 65.7 Å². The van der Waals surface area contributed by atoms with Crippen molar-refractivity contribution in [2.24, 2.45) is 10.7 Å². The molecule has 0 atom stereocenters. The van der Waals surface area contributed by atoms with Crippen LogP contribution >= 0.6 is 11.3 Å². The first-order chi connectivity index (χ1) is 16.0. The largest absolute Gasteiger partial charge is 0.404 e. The predicted octanol–water partition coefficient (Wildman–Crippen LogP) is 5.83. The second-order valence-corrected chi connectivity index (χ2v) is 9.30. The van der Waals surface area contributed by atoms with Gasteiger partial charge in [-0.2, -0.15) is 5.10 Å². The number of hydrogen-bond acceptors (Lipinski definition) is 6. The number of thiophene rings is 1. The molecule has 0 aliphatic rings. The summed E-state index contributed by atoms with van der Waals surface area (Å²) in [6, 6.07) is 10.4. The minimum Gasteiger partial charge on any atom is -0.404 e. The number of H-pyrrole nitrogens is 2. The maximum Gasteiger partial charge on any atom is 0.181 e. The van der Waals surface area contributed by atoms with Gasteiger partial charge in [0.2, 0.25) is 0 Å². The Kier molecular flexibility index (Phi) is 5.35. The number of aryl methyl sites for hydroxylation is 1. The first kappa shape index (κ1) is 20.8. The van der Waals surface area contributed by atoms with Gasteiger partial charge in [-0.05, 0) is 51.1 Å². The number of nitrogens with one attached hydrogen (secondary N) is 2. The average molecular weight is 454 g/mol. The van der Waals surface area contributed by atoms with Gasteiger partial charge in [0.05, 0.1) is 22.0 Å². The van der Waals surface area contributed by atoms with E-state index >= 15 is 0 Å². The average Bonchev–Trinajstić information content (AvgIpc) is 3.53. The summed E-state index contributed by atoms with van der Waals surface area (Å²) < 4.78 is 0. The lowest BCUT2D eigenvalue weighted by molar-refractivity contribution is 1.10. The molecule has 5 aromatic heterocycles. The summed E-state index contributed by atoms with van der Waals surface area (Å²) in [4.78, 5) is 19.4. The summed E-state index contributed by atoms with van der Waals surface area (Å²) in [5, 5.41) is 9.50. The predicted molar refractivity (Wildman–Crippen MR) is 137 cm³/mol. The summed E-state index contributed by atoms with van der Waals surface area (Å²) in [6.07, 6.45) is 8.66. The second kappa shape index (κ2) is 8.48. The number of rotatable bonds is 5. The van der Waals surface area contributed by atoms with E-state index in [2.05, 4.69) is 55.3 Å². The highest BCUT2D eigenvalue weighted by atomic mass is 32.1. The first-order valence-electron chi connectivity index (χ1n) is 10.5. The topological polar surface area (TPSA) is 109 Å². The summed E-state index contributed by atoms with van der Waals surface area (Å²) in [7, 11) is 0. The normalized spacial score (nSPS) is 12.3. The molecular formula is C25H23N7S. The lowest BCUT2D eigenvalue weighted by atomic mass is 10.1. The molecule has 5 rings (SSSR count). The van der Waals surface area contributed by atoms with Crippen LogP contribution in [0.1, 0.15) is 24.3 Å². The fraction of sp³-hybridized carbons (Fsp3) is 0.120. The van der Waals surface area contributed by atoms with Crippen LogP contribution in [0.5, 0.6) is 0 Å². The van der Waals surface area contributed by atoms with E-state index in [0.717, 1.165) is 55.0 Å². The lowest BCUT2D eigenvalue weighted by Crippen LogP contribution is -1.92. The Labute approximate surface area is 194 Å². The Morgan fingerprint density at radius 1 is 1.12 bits per heavy atom. The molecule has 0 aromatic carbocycles. The van der Waals surface area contributed by atoms with Crippen LogP contribution in [0.3, 0.4) is 0 Å². The van der Waals surface area contributed by atoms with Gasteiger partial charge >= 0.3 is 0 Å². The molecule has 0 saturated carbocycles. The van der Waals surface area contributed by atoms with Crippen molar-refractivity contribution >= 4 is 45.1 Å². The molecule has 0 radical (unpaired) electrons. The monoisotopic (exact) mass is 453 g/mol. The van der Waals surface area contributed by atoms with Crippen molar-refractivity contribution < 1.29 is 0 Å². The molecule has 5 heterocycles. The lowest BCUT2D eigenvalue weighted by Gasteiger charge is -2.01. The van der Waals surface area contributed by atoms with Gasteiger partial charge < -0.3 is 10.7 Å². The first-order valence-corrected chi connectivity index (χ1v) is 11.3. The fourth-order valence-corrected chi connectivity index (χ4v) is 4.57. The van der Waals surface area contributed by atoms with Crippen molar-refractivity contribution in [3.8, 4) is 22.0 Å². The van der Waals surface area contributed by atoms with Gasteiger partial charge in [-0.25, -0.2) is 4.98 Å². The second-order valence-electron chi connectivity index (χ2n) is 8.01. The van der Waals surface area contributed by atoms with Crippen LogP contribution in [0.25, 0.3) is 49.5 Å². The van der Waals surface area contributed by atoms with Crippen LogP contribution in [-0.4, -0.2) is 31.4 Å². The van der Waals surface area contributed by atoms with Crippen LogP contribution in [0, 0.1) is 6.92 Å². The molecule has 0 bridgehead atoms. The standard InChI is InChI=1S/C25H23N7S/c1-14(2)11-27-12-17(10-26)16-8-19-23(31-32-25(19)29-13-16)21-9-18-20(30-21)6-7-28-24(18)22-5-4-15(3)33-22/h4-13,30H,26H2,1-3H3,(H,29,31,32)/b17-10+,27-12?. The fourth-order valence-electron chi connectivity index (χ4n) is 3.69. The number of aliphatic imine (C=N–C) groups is 1. The molecule has 8 heteroatoms. The van der Waals surface area contributed by atoms with E-state index in [1.807, 2.05) is 32.2 Å². The molecule has 5 aromatic rings. The van der Waals surface area contributed by atoms with E-state index in [-0.39, 0.29) is 0 Å². The Balaban J connectivity index is 1.60. The van der Waals surface area contributed by atoms with Crippen molar-refractivity contribution in [3.63, 3.8) is 0 Å². The van der Waals surface area contributed by atoms with E-state index in [0.29, 0.717) is 5.65 Å². The van der Waals surface area contributed by atoms with Gasteiger partial charge in [-0.3, -0.25) is 15.1 Å². The molecule has 0 unspecified atom stereocenters. The number of nitrogens with zero attached hydrogens (tertiary/aromatic N) is 4. The number of hydrogen-bond donors (Lipinski definition) is 3. The maximum absolute atomic E-state index is 5.88. The Morgan fingerprint density at radius 2 is 2.00 bits per heavy atom. The molecule has 33 heavy (non-hydrogen) atoms. The third-order valence-corrected chi connectivity index (χ3v) is 6.27. The Morgan fingerprint density at radius 3 is 2.76 bits per heavy atom. The van der Waals surface area contributed by atoms with E-state index in [4.69, 9.17) is 5.73 Å². The van der Waals surface area contributed by atoms with Gasteiger partial charge in [0, 0.05) is 63.3 Å². The molecule has 0 spiro atoms. The summed E-state index contributed by atoms with van der Waals surface area (Å²) in [5.74, 6) is 0. The van der Waals surface area contributed by atoms with Crippen molar-refractivity contribution in [2.45, 2.75) is 20.8 Å². The molecular weight excluding hydrogens is 430 g/mol. The Bertz CT molecular complexity index is 1560. The zero-order valence-corrected chi connectivity index (χ0v) is 19.4. The number of fused-ring (bicyclic) bond motifs is 2. The third kappa shape index (κ3) is 3.96. The molecule has 0 fully saturated rings. The van der Waals surface area contributed by atoms with Crippen LogP contribution in [0.2, 0.25) is 0 Å². The highest BCUT2D eigenvalue weighted by Crippen LogP contribution is 2.35. The summed E-state index contributed by atoms with van der Waals surface area (Å²) in [5.41, 5.74) is 13.0. The molecule has 0 aliphatic carbocycles. The minimum absolute atomic E-state index is 0.636. The number of aromatic nitrogens is 5. The number of aromatic amines is 2. The quantitative estimate of drug-likeness (QED) is 0.291. The minimum atomic E-state index is 0.636. The molecule has 0 aliphatic heterocycles. The highest BCUT2D eigenvalue weighted by Gasteiger charge is 2.16. The summed E-state index contributed by atoms with van der Waals surface area (Å²) >= 11 is 1.74. The van der Waals surface area contributed by atoms with Crippen LogP contribution in [0.4, 0.5) is 0 Å². The van der Waals surface area contributed by atoms with Crippen molar-refractivity contribution in [1.29, 1.82) is 0 Å². The zero-order chi connectivity index (χ0) is 22.9. The van der Waals surface area contributed by atoms with E-state index in [1.54, 1.807) is 29.9 Å². The van der Waals surface area contributed by atoms with Crippen molar-refractivity contribution in [3.05, 3.63) is 71.1 Å².